The lowest BCUT2D eigenvalue weighted by Gasteiger charge is -2.20. The molecular weight excluding hydrogens is 160 g/mol. The zero-order valence-electron chi connectivity index (χ0n) is 9.81. The first-order chi connectivity index (χ1) is 6.22. The summed E-state index contributed by atoms with van der Waals surface area (Å²) < 4.78 is 5.68. The van der Waals surface area contributed by atoms with E-state index in [-0.39, 0.29) is 0 Å². The Morgan fingerprint density at radius 2 is 1.69 bits per heavy atom. The lowest BCUT2D eigenvalue weighted by atomic mass is 10.0. The molecule has 0 rings (SSSR count). The molecule has 80 valence electrons. The Balaban J connectivity index is 3.45. The van der Waals surface area contributed by atoms with E-state index in [1.54, 1.807) is 0 Å². The van der Waals surface area contributed by atoms with E-state index >= 15 is 0 Å². The van der Waals surface area contributed by atoms with Gasteiger partial charge in [-0.2, -0.15) is 0 Å². The zero-order valence-corrected chi connectivity index (χ0v) is 9.81. The van der Waals surface area contributed by atoms with Crippen molar-refractivity contribution in [3.8, 4) is 0 Å². The molecule has 0 fully saturated rings. The van der Waals surface area contributed by atoms with Gasteiger partial charge in [-0.3, -0.25) is 0 Å². The van der Waals surface area contributed by atoms with Crippen molar-refractivity contribution in [1.29, 1.82) is 0 Å². The fourth-order valence-electron chi connectivity index (χ4n) is 1.60. The Hall–Kier alpha value is -0.0400. The van der Waals surface area contributed by atoms with Gasteiger partial charge in [-0.05, 0) is 19.3 Å². The molecule has 13 heavy (non-hydrogen) atoms. The molecule has 0 spiro atoms. The van der Waals surface area contributed by atoms with Gasteiger partial charge in [0, 0.05) is 6.61 Å². The molecule has 0 aliphatic heterocycles. The van der Waals surface area contributed by atoms with E-state index in [0.717, 1.165) is 6.61 Å². The summed E-state index contributed by atoms with van der Waals surface area (Å²) in [6, 6.07) is 0. The van der Waals surface area contributed by atoms with Crippen LogP contribution in [0.15, 0.2) is 0 Å². The standard InChI is InChI=1S/C12H26O/c1-5-7-8-9-10-12(11(3)4)13-6-2/h11-12H,5-10H2,1-4H3. The maximum atomic E-state index is 5.68. The van der Waals surface area contributed by atoms with Crippen LogP contribution in [-0.2, 0) is 4.74 Å². The predicted octanol–water partition coefficient (Wildman–Crippen LogP) is 4.02. The highest BCUT2D eigenvalue weighted by Crippen LogP contribution is 2.15. The van der Waals surface area contributed by atoms with E-state index < -0.39 is 0 Å². The monoisotopic (exact) mass is 186 g/mol. The molecule has 1 unspecified atom stereocenters. The van der Waals surface area contributed by atoms with Gasteiger partial charge in [0.15, 0.2) is 0 Å². The van der Waals surface area contributed by atoms with E-state index in [2.05, 4.69) is 27.7 Å². The van der Waals surface area contributed by atoms with Gasteiger partial charge in [-0.25, -0.2) is 0 Å². The smallest absolute Gasteiger partial charge is 0.0597 e. The molecule has 0 aromatic rings. The van der Waals surface area contributed by atoms with Gasteiger partial charge in [0.05, 0.1) is 6.10 Å². The minimum absolute atomic E-state index is 0.488. The van der Waals surface area contributed by atoms with Crippen molar-refractivity contribution in [2.45, 2.75) is 65.9 Å². The lowest BCUT2D eigenvalue weighted by Crippen LogP contribution is -2.19. The van der Waals surface area contributed by atoms with Crippen molar-refractivity contribution in [2.75, 3.05) is 6.61 Å². The van der Waals surface area contributed by atoms with Gasteiger partial charge in [0.1, 0.15) is 0 Å². The number of unbranched alkanes of at least 4 members (excludes halogenated alkanes) is 3. The molecule has 1 heteroatoms. The highest BCUT2D eigenvalue weighted by Gasteiger charge is 2.11. The van der Waals surface area contributed by atoms with Crippen LogP contribution >= 0.6 is 0 Å². The summed E-state index contributed by atoms with van der Waals surface area (Å²) >= 11 is 0. The van der Waals surface area contributed by atoms with Gasteiger partial charge in [-0.1, -0.05) is 46.5 Å². The maximum absolute atomic E-state index is 5.68. The summed E-state index contributed by atoms with van der Waals surface area (Å²) in [6.07, 6.45) is 7.12. The van der Waals surface area contributed by atoms with Crippen LogP contribution in [0.2, 0.25) is 0 Å². The average molecular weight is 186 g/mol. The number of ether oxygens (including phenoxy) is 1. The first kappa shape index (κ1) is 13.0. The topological polar surface area (TPSA) is 9.23 Å². The molecule has 0 heterocycles. The van der Waals surface area contributed by atoms with Gasteiger partial charge in [-0.15, -0.1) is 0 Å². The molecule has 1 nitrogen and oxygen atoms in total. The third kappa shape index (κ3) is 7.06. The van der Waals surface area contributed by atoms with Crippen LogP contribution in [0.3, 0.4) is 0 Å². The summed E-state index contributed by atoms with van der Waals surface area (Å²) in [5.74, 6) is 0.668. The highest BCUT2D eigenvalue weighted by molar-refractivity contribution is 4.62. The van der Waals surface area contributed by atoms with Crippen molar-refractivity contribution < 1.29 is 4.74 Å². The third-order valence-corrected chi connectivity index (χ3v) is 2.47. The summed E-state index contributed by atoms with van der Waals surface area (Å²) in [4.78, 5) is 0. The second-order valence-electron chi connectivity index (χ2n) is 4.09. The lowest BCUT2D eigenvalue weighted by molar-refractivity contribution is 0.0231. The van der Waals surface area contributed by atoms with Crippen molar-refractivity contribution >= 4 is 0 Å². The Labute approximate surface area is 83.9 Å². The van der Waals surface area contributed by atoms with Gasteiger partial charge in [0.25, 0.3) is 0 Å². The molecule has 0 saturated heterocycles. The van der Waals surface area contributed by atoms with Crippen molar-refractivity contribution in [2.24, 2.45) is 5.92 Å². The first-order valence-corrected chi connectivity index (χ1v) is 5.83. The van der Waals surface area contributed by atoms with Crippen LogP contribution in [-0.4, -0.2) is 12.7 Å². The second kappa shape index (κ2) is 8.55. The number of hydrogen-bond donors (Lipinski definition) is 0. The van der Waals surface area contributed by atoms with Gasteiger partial charge >= 0.3 is 0 Å². The van der Waals surface area contributed by atoms with Crippen molar-refractivity contribution in [3.05, 3.63) is 0 Å². The zero-order chi connectivity index (χ0) is 10.1. The molecule has 0 aromatic carbocycles. The van der Waals surface area contributed by atoms with E-state index in [0.29, 0.717) is 12.0 Å². The molecule has 0 radical (unpaired) electrons. The van der Waals surface area contributed by atoms with E-state index in [1.807, 2.05) is 0 Å². The molecule has 0 N–H and O–H groups in total. The summed E-state index contributed by atoms with van der Waals surface area (Å²) in [5.41, 5.74) is 0. The number of rotatable bonds is 8. The summed E-state index contributed by atoms with van der Waals surface area (Å²) in [5, 5.41) is 0. The average Bonchev–Trinajstić information content (AvgIpc) is 2.10. The molecule has 0 aromatic heterocycles. The van der Waals surface area contributed by atoms with Gasteiger partial charge < -0.3 is 4.74 Å². The predicted molar refractivity (Wildman–Crippen MR) is 59.0 cm³/mol. The molecule has 0 amide bonds. The van der Waals surface area contributed by atoms with Crippen molar-refractivity contribution in [1.82, 2.24) is 0 Å². The highest BCUT2D eigenvalue weighted by atomic mass is 16.5. The van der Waals surface area contributed by atoms with Crippen LogP contribution in [0, 0.1) is 5.92 Å². The molecular formula is C12H26O. The maximum Gasteiger partial charge on any atom is 0.0597 e. The molecule has 0 aliphatic rings. The minimum Gasteiger partial charge on any atom is -0.378 e. The van der Waals surface area contributed by atoms with Crippen LogP contribution < -0.4 is 0 Å². The van der Waals surface area contributed by atoms with Crippen LogP contribution in [0.4, 0.5) is 0 Å². The second-order valence-corrected chi connectivity index (χ2v) is 4.09. The Bertz CT molecular complexity index is 99.3. The molecule has 0 bridgehead atoms. The molecule has 0 aliphatic carbocycles. The SMILES string of the molecule is CCCCCCC(OCC)C(C)C. The third-order valence-electron chi connectivity index (χ3n) is 2.47. The van der Waals surface area contributed by atoms with E-state index in [4.69, 9.17) is 4.74 Å². The fraction of sp³-hybridized carbons (Fsp3) is 1.00. The summed E-state index contributed by atoms with van der Waals surface area (Å²) in [6.45, 7) is 9.70. The van der Waals surface area contributed by atoms with E-state index in [9.17, 15) is 0 Å². The van der Waals surface area contributed by atoms with Gasteiger partial charge in [0.2, 0.25) is 0 Å². The Morgan fingerprint density at radius 1 is 1.00 bits per heavy atom. The van der Waals surface area contributed by atoms with Crippen molar-refractivity contribution in [3.63, 3.8) is 0 Å². The van der Waals surface area contributed by atoms with Crippen LogP contribution in [0.25, 0.3) is 0 Å². The normalized spacial score (nSPS) is 13.6. The number of hydrogen-bond acceptors (Lipinski definition) is 1. The largest absolute Gasteiger partial charge is 0.378 e. The molecule has 0 saturated carbocycles. The minimum atomic E-state index is 0.488. The fourth-order valence-corrected chi connectivity index (χ4v) is 1.60. The quantitative estimate of drug-likeness (QED) is 0.520. The molecule has 1 atom stereocenters. The van der Waals surface area contributed by atoms with E-state index in [1.165, 1.54) is 32.1 Å². The first-order valence-electron chi connectivity index (χ1n) is 5.83. The van der Waals surface area contributed by atoms with Crippen LogP contribution in [0.5, 0.6) is 0 Å². The Kier molecular flexibility index (Phi) is 8.53. The summed E-state index contributed by atoms with van der Waals surface area (Å²) in [7, 11) is 0. The van der Waals surface area contributed by atoms with Crippen LogP contribution in [0.1, 0.15) is 59.8 Å². The Morgan fingerprint density at radius 3 is 2.15 bits per heavy atom.